The van der Waals surface area contributed by atoms with Crippen LogP contribution in [0.5, 0.6) is 5.75 Å². The molecule has 0 aliphatic carbocycles. The third-order valence-corrected chi connectivity index (χ3v) is 24.9. The van der Waals surface area contributed by atoms with Crippen molar-refractivity contribution < 1.29 is 141 Å². The van der Waals surface area contributed by atoms with Gasteiger partial charge >= 0.3 is 17.9 Å². The minimum absolute atomic E-state index is 0.101. The lowest BCUT2D eigenvalue weighted by molar-refractivity contribution is -0.140. The number of aromatic hydroxyl groups is 1. The predicted octanol–water partition coefficient (Wildman–Crippen LogP) is -4.94. The minimum atomic E-state index is -2.01. The molecule has 0 bridgehead atoms. The smallest absolute Gasteiger partial charge is 0.303 e. The first kappa shape index (κ1) is 124. The molecule has 18 amide bonds. The van der Waals surface area contributed by atoms with Crippen LogP contribution in [0.2, 0.25) is 0 Å². The maximum atomic E-state index is 14.8. The van der Waals surface area contributed by atoms with Crippen LogP contribution in [-0.2, 0) is 124 Å². The number of rotatable bonds is 66. The highest BCUT2D eigenvalue weighted by Gasteiger charge is 2.41. The fourth-order valence-electron chi connectivity index (χ4n) is 14.0. The van der Waals surface area contributed by atoms with Gasteiger partial charge in [-0.05, 0) is 144 Å². The second-order valence-corrected chi connectivity index (χ2v) is 38.9. The lowest BCUT2D eigenvalue weighted by atomic mass is 9.99. The first-order valence-electron chi connectivity index (χ1n) is 46.3. The Kier molecular flexibility index (Phi) is 55.6. The summed E-state index contributed by atoms with van der Waals surface area (Å²) in [6.07, 6.45) is -7.44. The van der Waals surface area contributed by atoms with Gasteiger partial charge in [-0.3, -0.25) is 111 Å². The molecule has 1 fully saturated rings. The fourth-order valence-corrected chi connectivity index (χ4v) is 16.5. The molecule has 3 aromatic carbocycles. The number of primary amides is 1. The molecule has 1 aliphatic heterocycles. The summed E-state index contributed by atoms with van der Waals surface area (Å²) in [5.74, 6) is -23.1. The number of aliphatic carboxylic acids is 3. The molecule has 27 N–H and O–H groups in total. The maximum Gasteiger partial charge on any atom is 0.303 e. The van der Waals surface area contributed by atoms with Crippen LogP contribution in [-0.4, -0.2) is 329 Å². The van der Waals surface area contributed by atoms with E-state index in [9.17, 15) is 141 Å². The van der Waals surface area contributed by atoms with E-state index in [0.29, 0.717) is 22.8 Å². The van der Waals surface area contributed by atoms with E-state index < -0.39 is 321 Å². The SMILES string of the molecule is CSCC[C@H](NC(=O)[C@H](CCSC)NC(=O)[C@H](Cc1ccc(O)cc1)NC(=O)[C@@H](NC(=O)[C@H](C)NC(=O)[C@H](C)NC(=O)[C@@H]1CSCN1)C(C)O)C(=O)NCC(=O)N[C@@H](CC(N)=O)C(=O)N[C@@H](CCC(=O)O)C(=O)N[C@@H](CC(C)C)C(=O)N[C@H](C(=O)N[C@@H](Cc1ccccc1)C(=O)N[C@@H](CC(C)C)C(=O)N[C@@H](CCC(=O)O)C(=O)N[C@@H](CCC(=O)O)C(=O)N[C@@H](CCO)C(=O)NCC(=O)SCc1ccccc1)C(C)O. The first-order chi connectivity index (χ1) is 68.0. The van der Waals surface area contributed by atoms with E-state index in [-0.39, 0.29) is 61.5 Å². The molecule has 18 atom stereocenters. The van der Waals surface area contributed by atoms with Crippen molar-refractivity contribution in [2.75, 3.05) is 55.3 Å². The van der Waals surface area contributed by atoms with Gasteiger partial charge in [-0.1, -0.05) is 112 Å². The van der Waals surface area contributed by atoms with Crippen molar-refractivity contribution in [3.05, 3.63) is 102 Å². The molecule has 144 heavy (non-hydrogen) atoms. The molecule has 4 rings (SSSR count). The van der Waals surface area contributed by atoms with Crippen molar-refractivity contribution in [2.45, 2.75) is 260 Å². The van der Waals surface area contributed by atoms with Gasteiger partial charge in [-0.15, -0.1) is 11.8 Å². The van der Waals surface area contributed by atoms with E-state index in [1.807, 2.05) is 0 Å². The number of nitrogens with one attached hydrogen (secondary N) is 18. The molecular weight excluding hydrogens is 1960 g/mol. The zero-order chi connectivity index (χ0) is 108. The van der Waals surface area contributed by atoms with Crippen molar-refractivity contribution in [2.24, 2.45) is 17.6 Å². The van der Waals surface area contributed by atoms with Crippen molar-refractivity contribution in [1.82, 2.24) is 95.7 Å². The highest BCUT2D eigenvalue weighted by molar-refractivity contribution is 8.13. The Labute approximate surface area is 848 Å². The van der Waals surface area contributed by atoms with Crippen molar-refractivity contribution in [3.8, 4) is 5.75 Å². The van der Waals surface area contributed by atoms with E-state index in [4.69, 9.17) is 5.73 Å². The topological polar surface area (TPSA) is 760 Å². The van der Waals surface area contributed by atoms with Gasteiger partial charge in [0, 0.05) is 56.1 Å². The molecule has 1 aliphatic rings. The van der Waals surface area contributed by atoms with Crippen LogP contribution in [0.1, 0.15) is 149 Å². The van der Waals surface area contributed by atoms with Gasteiger partial charge < -0.3 is 132 Å². The number of carbonyl (C=O) groups is 22. The number of amides is 18. The van der Waals surface area contributed by atoms with E-state index in [0.717, 1.165) is 31.2 Å². The average molecular weight is 2100 g/mol. The average Bonchev–Trinajstić information content (AvgIpc) is 1.27. The number of aliphatic hydroxyl groups is 3. The molecule has 2 unspecified atom stereocenters. The number of benzene rings is 3. The first-order valence-corrected chi connectivity index (χ1v) is 51.3. The van der Waals surface area contributed by atoms with Gasteiger partial charge in [0.25, 0.3) is 0 Å². The second kappa shape index (κ2) is 64.8. The lowest BCUT2D eigenvalue weighted by Crippen LogP contribution is -2.62. The Morgan fingerprint density at radius 1 is 0.389 bits per heavy atom. The molecule has 48 nitrogen and oxygen atoms in total. The normalized spacial score (nSPS) is 15.7. The molecule has 0 saturated carbocycles. The maximum absolute atomic E-state index is 14.8. The number of phenols is 1. The van der Waals surface area contributed by atoms with Gasteiger partial charge in [-0.2, -0.15) is 23.5 Å². The molecule has 1 heterocycles. The van der Waals surface area contributed by atoms with Crippen LogP contribution in [0.4, 0.5) is 0 Å². The number of thioether (sulfide) groups is 4. The Bertz CT molecular complexity index is 4860. The zero-order valence-electron chi connectivity index (χ0n) is 81.5. The number of aliphatic hydroxyl groups excluding tert-OH is 3. The summed E-state index contributed by atoms with van der Waals surface area (Å²) < 4.78 is 0. The van der Waals surface area contributed by atoms with Gasteiger partial charge in [0.2, 0.25) is 111 Å². The predicted molar refractivity (Wildman–Crippen MR) is 530 cm³/mol. The Balaban J connectivity index is 1.54. The second-order valence-electron chi connectivity index (χ2n) is 34.9. The summed E-state index contributed by atoms with van der Waals surface area (Å²) in [7, 11) is 0. The number of carboxylic acids is 3. The summed E-state index contributed by atoms with van der Waals surface area (Å²) in [5.41, 5.74) is 7.10. The summed E-state index contributed by atoms with van der Waals surface area (Å²) in [5, 5.41) is 115. The van der Waals surface area contributed by atoms with Gasteiger partial charge in [-0.25, -0.2) is 0 Å². The monoisotopic (exact) mass is 2100 g/mol. The lowest BCUT2D eigenvalue weighted by Gasteiger charge is -2.29. The van der Waals surface area contributed by atoms with Gasteiger partial charge in [0.15, 0.2) is 0 Å². The molecule has 3 aromatic rings. The van der Waals surface area contributed by atoms with Gasteiger partial charge in [0.05, 0.1) is 37.8 Å². The molecule has 52 heteroatoms. The van der Waals surface area contributed by atoms with Crippen LogP contribution in [0.25, 0.3) is 0 Å². The molecule has 1 saturated heterocycles. The summed E-state index contributed by atoms with van der Waals surface area (Å²) in [4.78, 5) is 301. The Morgan fingerprint density at radius 2 is 0.736 bits per heavy atom. The largest absolute Gasteiger partial charge is 0.508 e. The Morgan fingerprint density at radius 3 is 1.13 bits per heavy atom. The highest BCUT2D eigenvalue weighted by atomic mass is 32.2. The number of hydrogen-bond acceptors (Lipinski definition) is 31. The number of carboxylic acid groups (broad SMARTS) is 3. The number of carbonyl (C=O) groups excluding carboxylic acids is 19. The number of hydrogen-bond donors (Lipinski definition) is 26. The third kappa shape index (κ3) is 46.7. The molecule has 0 aromatic heterocycles. The van der Waals surface area contributed by atoms with Crippen LogP contribution in [0.15, 0.2) is 84.9 Å². The van der Waals surface area contributed by atoms with E-state index in [1.165, 1.54) is 73.4 Å². The van der Waals surface area contributed by atoms with Crippen LogP contribution in [0.3, 0.4) is 0 Å². The summed E-state index contributed by atoms with van der Waals surface area (Å²) in [6, 6.07) is -3.31. The van der Waals surface area contributed by atoms with Crippen LogP contribution >= 0.6 is 47.0 Å². The van der Waals surface area contributed by atoms with Crippen LogP contribution in [0, 0.1) is 11.8 Å². The summed E-state index contributed by atoms with van der Waals surface area (Å²) >= 11 is 4.87. The number of nitrogens with two attached hydrogens (primary N) is 1. The molecule has 0 spiro atoms. The quantitative estimate of drug-likeness (QED) is 0.0252. The molecular formula is C92H135N19O29S4. The fraction of sp³-hybridized carbons (Fsp3) is 0.565. The molecule has 796 valence electrons. The van der Waals surface area contributed by atoms with Crippen LogP contribution < -0.4 is 101 Å². The van der Waals surface area contributed by atoms with Gasteiger partial charge in [0.1, 0.15) is 96.4 Å². The molecule has 0 radical (unpaired) electrons. The third-order valence-electron chi connectivity index (χ3n) is 21.8. The zero-order valence-corrected chi connectivity index (χ0v) is 84.8. The number of phenolic OH excluding ortho intramolecular Hbond substituents is 1. The van der Waals surface area contributed by atoms with E-state index in [1.54, 1.807) is 101 Å². The summed E-state index contributed by atoms with van der Waals surface area (Å²) in [6.45, 7) is 9.19. The Hall–Kier alpha value is -12.8. The highest BCUT2D eigenvalue weighted by Crippen LogP contribution is 2.19. The van der Waals surface area contributed by atoms with E-state index >= 15 is 0 Å². The van der Waals surface area contributed by atoms with E-state index in [2.05, 4.69) is 95.7 Å². The van der Waals surface area contributed by atoms with Crippen molar-refractivity contribution in [1.29, 1.82) is 0 Å². The standard InChI is InChI=1S/C92H135N19O29S4/c1-47(2)37-63(85(133)101-58(26-29-72(120)121)81(129)100-57(25-28-71(118)119)82(130)103-60(31-34-112)79(127)95-43-74(124)144-44-55-19-15-12-16-20-55)107-87(135)65(39-53-17-13-11-14-18-53)108-92(140)76(52(8)114)111-89(137)64(38-48(3)4)106-83(131)59(27-30-73(122)123)102-88(136)67(41-69(93)116)99-70(117)42-94-80(128)61(32-35-141-9)104-84(132)62(33-36-142-10)105-86(134)66(40-54-21-23-56(115)24-22-54)109-91(139)75(51(7)113)110-78(126)50(6)97-77(125)49(5)98-90(138)68-45-143-46-96-68/h11-24,47-52,57-68,75-76,96,112-115H,25-46H2,1-10H3,(H2,93,116)(H,94,128)(H,95,127)(H,97,125)(H,98,138)(H,99,117)(H,100,129)(H,101,133)(H,102,136)(H,103,130)(H,104,132)(H,105,134)(H,106,131)(H,107,135)(H,108,140)(H,109,139)(H,110,126)(H,111,137)(H,118,119)(H,120,121)(H,122,123)/t49-,50-,51?,52?,57-,58-,59-,60-,61-,62-,63-,64-,65-,66-,67-,68-,75-,76-/m0/s1. The van der Waals surface area contributed by atoms with Crippen molar-refractivity contribution >= 4 is 176 Å². The minimum Gasteiger partial charge on any atom is -0.508 e. The van der Waals surface area contributed by atoms with Crippen molar-refractivity contribution in [3.63, 3.8) is 0 Å².